The highest BCUT2D eigenvalue weighted by molar-refractivity contribution is 5.69. The molecule has 2 unspecified atom stereocenters. The SMILES string of the molecule is C=C(CC1CCCCC1)C(C1CCCCC1)C(C(=C)c1ccccc1C)C1CCCCC1. The van der Waals surface area contributed by atoms with Gasteiger partial charge in [-0.05, 0) is 85.3 Å². The zero-order valence-electron chi connectivity index (χ0n) is 20.9. The van der Waals surface area contributed by atoms with Gasteiger partial charge in [-0.2, -0.15) is 0 Å². The molecule has 2 atom stereocenters. The van der Waals surface area contributed by atoms with Gasteiger partial charge in [-0.25, -0.2) is 0 Å². The normalized spacial score (nSPS) is 23.5. The van der Waals surface area contributed by atoms with Crippen LogP contribution in [0.5, 0.6) is 0 Å². The summed E-state index contributed by atoms with van der Waals surface area (Å²) >= 11 is 0. The van der Waals surface area contributed by atoms with Crippen LogP contribution in [0.15, 0.2) is 43.0 Å². The minimum Gasteiger partial charge on any atom is -0.0995 e. The Morgan fingerprint density at radius 2 is 1.22 bits per heavy atom. The van der Waals surface area contributed by atoms with Gasteiger partial charge in [-0.3, -0.25) is 0 Å². The lowest BCUT2D eigenvalue weighted by atomic mass is 9.60. The van der Waals surface area contributed by atoms with E-state index in [-0.39, 0.29) is 0 Å². The molecule has 0 bridgehead atoms. The van der Waals surface area contributed by atoms with E-state index in [2.05, 4.69) is 31.2 Å². The topological polar surface area (TPSA) is 0 Å². The number of benzene rings is 1. The van der Waals surface area contributed by atoms with Gasteiger partial charge in [0.25, 0.3) is 0 Å². The Balaban J connectivity index is 1.66. The van der Waals surface area contributed by atoms with Crippen molar-refractivity contribution in [2.45, 2.75) is 110 Å². The molecule has 3 aliphatic rings. The molecule has 3 saturated carbocycles. The summed E-state index contributed by atoms with van der Waals surface area (Å²) in [6.07, 6.45) is 22.6. The Morgan fingerprint density at radius 1 is 0.719 bits per heavy atom. The third kappa shape index (κ3) is 5.78. The number of aryl methyl sites for hydroxylation is 1. The van der Waals surface area contributed by atoms with Gasteiger partial charge in [0.05, 0.1) is 0 Å². The summed E-state index contributed by atoms with van der Waals surface area (Å²) in [7, 11) is 0. The number of hydrogen-bond acceptors (Lipinski definition) is 0. The molecular weight excluding hydrogens is 384 g/mol. The Morgan fingerprint density at radius 3 is 1.78 bits per heavy atom. The van der Waals surface area contributed by atoms with Gasteiger partial charge in [0.15, 0.2) is 0 Å². The van der Waals surface area contributed by atoms with Crippen LogP contribution in [-0.4, -0.2) is 0 Å². The summed E-state index contributed by atoms with van der Waals surface area (Å²) in [5.41, 5.74) is 5.87. The van der Waals surface area contributed by atoms with Crippen LogP contribution in [0, 0.1) is 36.5 Å². The Kier molecular flexibility index (Phi) is 8.73. The number of allylic oxidation sites excluding steroid dienone is 2. The fourth-order valence-electron chi connectivity index (χ4n) is 7.67. The molecule has 4 rings (SSSR count). The van der Waals surface area contributed by atoms with E-state index in [1.807, 2.05) is 0 Å². The maximum atomic E-state index is 4.90. The zero-order chi connectivity index (χ0) is 22.3. The van der Waals surface area contributed by atoms with Crippen LogP contribution in [0.2, 0.25) is 0 Å². The largest absolute Gasteiger partial charge is 0.0995 e. The summed E-state index contributed by atoms with van der Waals surface area (Å²) < 4.78 is 0. The third-order valence-electron chi connectivity index (χ3n) is 9.34. The molecule has 0 heteroatoms. The van der Waals surface area contributed by atoms with Crippen molar-refractivity contribution in [3.05, 3.63) is 54.1 Å². The first-order valence-electron chi connectivity index (χ1n) is 14.1. The zero-order valence-corrected chi connectivity index (χ0v) is 20.9. The van der Waals surface area contributed by atoms with E-state index < -0.39 is 0 Å². The first-order chi connectivity index (χ1) is 15.6. The molecule has 3 aliphatic carbocycles. The van der Waals surface area contributed by atoms with Crippen LogP contribution < -0.4 is 0 Å². The van der Waals surface area contributed by atoms with Crippen LogP contribution in [0.25, 0.3) is 5.57 Å². The second-order valence-corrected chi connectivity index (χ2v) is 11.6. The fourth-order valence-corrected chi connectivity index (χ4v) is 7.67. The summed E-state index contributed by atoms with van der Waals surface area (Å²) in [4.78, 5) is 0. The van der Waals surface area contributed by atoms with Crippen molar-refractivity contribution in [3.8, 4) is 0 Å². The molecule has 0 spiro atoms. The van der Waals surface area contributed by atoms with Crippen molar-refractivity contribution >= 4 is 5.57 Å². The van der Waals surface area contributed by atoms with E-state index in [9.17, 15) is 0 Å². The summed E-state index contributed by atoms with van der Waals surface area (Å²) in [5, 5.41) is 0. The van der Waals surface area contributed by atoms with Gasteiger partial charge in [-0.15, -0.1) is 0 Å². The predicted octanol–water partition coefficient (Wildman–Crippen LogP) is 9.93. The lowest BCUT2D eigenvalue weighted by Gasteiger charge is -2.44. The third-order valence-corrected chi connectivity index (χ3v) is 9.34. The highest BCUT2D eigenvalue weighted by Crippen LogP contribution is 2.50. The monoisotopic (exact) mass is 432 g/mol. The molecule has 0 saturated heterocycles. The molecule has 1 aromatic rings. The molecule has 1 aromatic carbocycles. The Hall–Kier alpha value is -1.30. The van der Waals surface area contributed by atoms with Crippen LogP contribution in [0.3, 0.4) is 0 Å². The molecule has 0 heterocycles. The van der Waals surface area contributed by atoms with E-state index >= 15 is 0 Å². The highest BCUT2D eigenvalue weighted by atomic mass is 14.4. The van der Waals surface area contributed by atoms with Gasteiger partial charge in [0.2, 0.25) is 0 Å². The van der Waals surface area contributed by atoms with Gasteiger partial charge >= 0.3 is 0 Å². The van der Waals surface area contributed by atoms with Crippen molar-refractivity contribution in [1.29, 1.82) is 0 Å². The standard InChI is InChI=1S/C32H48/c1-24-15-13-14-22-30(24)26(3)32(29-20-11-6-12-21-29)31(28-18-9-5-10-19-28)25(2)23-27-16-7-4-8-17-27/h13-15,22,27-29,31-32H,2-12,16-21,23H2,1H3. The van der Waals surface area contributed by atoms with Crippen molar-refractivity contribution in [2.24, 2.45) is 29.6 Å². The highest BCUT2D eigenvalue weighted by Gasteiger charge is 2.39. The average Bonchev–Trinajstić information content (AvgIpc) is 2.84. The first kappa shape index (κ1) is 23.8. The maximum absolute atomic E-state index is 4.90. The number of hydrogen-bond donors (Lipinski definition) is 0. The second-order valence-electron chi connectivity index (χ2n) is 11.6. The molecule has 0 amide bonds. The van der Waals surface area contributed by atoms with Crippen molar-refractivity contribution in [3.63, 3.8) is 0 Å². The van der Waals surface area contributed by atoms with E-state index in [1.165, 1.54) is 119 Å². The molecular formula is C32H48. The molecule has 0 nitrogen and oxygen atoms in total. The quantitative estimate of drug-likeness (QED) is 0.358. The molecule has 0 aromatic heterocycles. The first-order valence-corrected chi connectivity index (χ1v) is 14.1. The minimum atomic E-state index is 0.593. The van der Waals surface area contributed by atoms with Gasteiger partial charge in [0.1, 0.15) is 0 Å². The smallest absolute Gasteiger partial charge is 0.00653 e. The Labute approximate surface area is 199 Å². The summed E-state index contributed by atoms with van der Waals surface area (Å²) in [5.74, 6) is 3.75. The van der Waals surface area contributed by atoms with Gasteiger partial charge < -0.3 is 0 Å². The molecule has 32 heavy (non-hydrogen) atoms. The molecule has 3 fully saturated rings. The average molecular weight is 433 g/mol. The lowest BCUT2D eigenvalue weighted by Crippen LogP contribution is -2.34. The van der Waals surface area contributed by atoms with Crippen molar-refractivity contribution < 1.29 is 0 Å². The van der Waals surface area contributed by atoms with Crippen LogP contribution in [0.4, 0.5) is 0 Å². The van der Waals surface area contributed by atoms with E-state index in [4.69, 9.17) is 13.2 Å². The van der Waals surface area contributed by atoms with E-state index in [0.717, 1.165) is 17.8 Å². The van der Waals surface area contributed by atoms with Crippen LogP contribution >= 0.6 is 0 Å². The number of rotatable bonds is 8. The minimum absolute atomic E-state index is 0.593. The lowest BCUT2D eigenvalue weighted by molar-refractivity contribution is 0.163. The Bertz CT molecular complexity index is 737. The van der Waals surface area contributed by atoms with Gasteiger partial charge in [0, 0.05) is 0 Å². The van der Waals surface area contributed by atoms with E-state index in [0.29, 0.717) is 11.8 Å². The van der Waals surface area contributed by atoms with Crippen LogP contribution in [-0.2, 0) is 0 Å². The molecule has 0 aliphatic heterocycles. The van der Waals surface area contributed by atoms with Crippen LogP contribution in [0.1, 0.15) is 114 Å². The second kappa shape index (κ2) is 11.7. The molecule has 0 N–H and O–H groups in total. The molecule has 0 radical (unpaired) electrons. The summed E-state index contributed by atoms with van der Waals surface area (Å²) in [6.45, 7) is 12.0. The predicted molar refractivity (Wildman–Crippen MR) is 141 cm³/mol. The van der Waals surface area contributed by atoms with E-state index in [1.54, 1.807) is 5.57 Å². The van der Waals surface area contributed by atoms with Gasteiger partial charge in [-0.1, -0.05) is 114 Å². The maximum Gasteiger partial charge on any atom is -0.00653 e. The summed E-state index contributed by atoms with van der Waals surface area (Å²) in [6, 6.07) is 9.03. The molecule has 176 valence electrons. The van der Waals surface area contributed by atoms with Crippen molar-refractivity contribution in [2.75, 3.05) is 0 Å². The fraction of sp³-hybridized carbons (Fsp3) is 0.688. The van der Waals surface area contributed by atoms with Crippen molar-refractivity contribution in [1.82, 2.24) is 0 Å².